The van der Waals surface area contributed by atoms with Crippen LogP contribution in [-0.4, -0.2) is 60.7 Å². The van der Waals surface area contributed by atoms with Gasteiger partial charge in [0.25, 0.3) is 5.56 Å². The van der Waals surface area contributed by atoms with Crippen molar-refractivity contribution in [1.29, 1.82) is 0 Å². The standard InChI is InChI=1S/C26H31ClN4O4/c1-4-30-11-7-8-19(30)16-31(26(33)29-21-10-6-5-9-20(21)27)15-18-12-17-13-23(34-2)24(35-3)14-22(17)28-25(18)32/h5-6,9-10,12-14,19H,4,7-8,11,15-16H2,1-3H3,(H,28,32)(H,29,33). The number of likely N-dealkylation sites (N-methyl/N-ethyl adjacent to an activating group) is 1. The summed E-state index contributed by atoms with van der Waals surface area (Å²) in [4.78, 5) is 33.4. The third-order valence-corrected chi connectivity index (χ3v) is 6.86. The van der Waals surface area contributed by atoms with Crippen LogP contribution in [0.15, 0.2) is 47.3 Å². The molecule has 186 valence electrons. The number of carbonyl (C=O) groups is 1. The molecule has 0 radical (unpaired) electrons. The predicted octanol–water partition coefficient (Wildman–Crippen LogP) is 4.72. The van der Waals surface area contributed by atoms with Crippen LogP contribution in [0.1, 0.15) is 25.3 Å². The fourth-order valence-electron chi connectivity index (χ4n) is 4.65. The molecule has 0 aliphatic carbocycles. The minimum atomic E-state index is -0.298. The number of hydrogen-bond donors (Lipinski definition) is 2. The van der Waals surface area contributed by atoms with E-state index in [-0.39, 0.29) is 24.2 Å². The number of carbonyl (C=O) groups excluding carboxylic acids is 1. The number of aromatic nitrogens is 1. The van der Waals surface area contributed by atoms with E-state index < -0.39 is 0 Å². The van der Waals surface area contributed by atoms with Crippen LogP contribution in [0.3, 0.4) is 0 Å². The van der Waals surface area contributed by atoms with Gasteiger partial charge in [-0.1, -0.05) is 30.7 Å². The number of fused-ring (bicyclic) bond motifs is 1. The van der Waals surface area contributed by atoms with Gasteiger partial charge in [0.15, 0.2) is 11.5 Å². The van der Waals surface area contributed by atoms with Crippen molar-refractivity contribution in [3.05, 3.63) is 63.4 Å². The number of hydrogen-bond acceptors (Lipinski definition) is 5. The fraction of sp³-hybridized carbons (Fsp3) is 0.385. The number of H-pyrrole nitrogens is 1. The van der Waals surface area contributed by atoms with E-state index in [1.807, 2.05) is 18.2 Å². The largest absolute Gasteiger partial charge is 0.493 e. The van der Waals surface area contributed by atoms with Crippen molar-refractivity contribution in [2.75, 3.05) is 39.2 Å². The summed E-state index contributed by atoms with van der Waals surface area (Å²) < 4.78 is 10.8. The molecule has 0 bridgehead atoms. The van der Waals surface area contributed by atoms with E-state index in [1.165, 1.54) is 0 Å². The van der Waals surface area contributed by atoms with Crippen LogP contribution in [0.2, 0.25) is 5.02 Å². The van der Waals surface area contributed by atoms with Crippen molar-refractivity contribution >= 4 is 34.2 Å². The van der Waals surface area contributed by atoms with Crippen LogP contribution in [0.5, 0.6) is 11.5 Å². The van der Waals surface area contributed by atoms with Crippen LogP contribution < -0.4 is 20.3 Å². The van der Waals surface area contributed by atoms with Gasteiger partial charge >= 0.3 is 6.03 Å². The Morgan fingerprint density at radius 3 is 2.66 bits per heavy atom. The molecule has 1 aliphatic heterocycles. The van der Waals surface area contributed by atoms with E-state index in [4.69, 9.17) is 21.1 Å². The number of nitrogens with one attached hydrogen (secondary N) is 2. The van der Waals surface area contributed by atoms with Crippen LogP contribution in [-0.2, 0) is 6.54 Å². The summed E-state index contributed by atoms with van der Waals surface area (Å²) in [7, 11) is 3.12. The second kappa shape index (κ2) is 11.0. The Morgan fingerprint density at radius 2 is 1.94 bits per heavy atom. The summed E-state index contributed by atoms with van der Waals surface area (Å²) in [5, 5.41) is 4.17. The molecule has 1 atom stereocenters. The first-order valence-corrected chi connectivity index (χ1v) is 12.1. The molecule has 1 aliphatic rings. The maximum absolute atomic E-state index is 13.4. The number of anilines is 1. The van der Waals surface area contributed by atoms with Crippen molar-refractivity contribution in [2.24, 2.45) is 0 Å². The van der Waals surface area contributed by atoms with Gasteiger partial charge in [-0.05, 0) is 50.2 Å². The Hall–Kier alpha value is -3.23. The summed E-state index contributed by atoms with van der Waals surface area (Å²) in [5.41, 5.74) is 1.41. The smallest absolute Gasteiger partial charge is 0.322 e. The fourth-order valence-corrected chi connectivity index (χ4v) is 4.83. The lowest BCUT2D eigenvalue weighted by Crippen LogP contribution is -2.45. The zero-order valence-electron chi connectivity index (χ0n) is 20.3. The minimum absolute atomic E-state index is 0.157. The van der Waals surface area contributed by atoms with E-state index in [9.17, 15) is 9.59 Å². The van der Waals surface area contributed by atoms with E-state index in [0.717, 1.165) is 31.3 Å². The molecule has 3 aromatic rings. The number of urea groups is 1. The van der Waals surface area contributed by atoms with Gasteiger partial charge in [0.2, 0.25) is 0 Å². The topological polar surface area (TPSA) is 86.9 Å². The van der Waals surface area contributed by atoms with Crippen LogP contribution in [0, 0.1) is 0 Å². The molecule has 35 heavy (non-hydrogen) atoms. The highest BCUT2D eigenvalue weighted by Gasteiger charge is 2.28. The van der Waals surface area contributed by atoms with Crippen molar-refractivity contribution in [3.63, 3.8) is 0 Å². The third kappa shape index (κ3) is 5.55. The van der Waals surface area contributed by atoms with E-state index in [0.29, 0.717) is 39.8 Å². The maximum Gasteiger partial charge on any atom is 0.322 e. The zero-order valence-corrected chi connectivity index (χ0v) is 21.0. The average Bonchev–Trinajstić information content (AvgIpc) is 3.31. The summed E-state index contributed by atoms with van der Waals surface area (Å²) in [6.07, 6.45) is 2.10. The van der Waals surface area contributed by atoms with E-state index >= 15 is 0 Å². The number of ether oxygens (including phenoxy) is 2. The monoisotopic (exact) mass is 498 g/mol. The molecule has 2 amide bonds. The zero-order chi connectivity index (χ0) is 24.9. The lowest BCUT2D eigenvalue weighted by molar-refractivity contribution is 0.174. The number of benzene rings is 2. The molecule has 1 unspecified atom stereocenters. The Labute approximate surface area is 209 Å². The summed E-state index contributed by atoms with van der Waals surface area (Å²) >= 11 is 6.27. The van der Waals surface area contributed by atoms with Crippen LogP contribution in [0.4, 0.5) is 10.5 Å². The molecule has 2 heterocycles. The van der Waals surface area contributed by atoms with Gasteiger partial charge in [-0.15, -0.1) is 0 Å². The molecule has 1 fully saturated rings. The van der Waals surface area contributed by atoms with E-state index in [1.54, 1.807) is 43.4 Å². The Kier molecular flexibility index (Phi) is 7.83. The molecular weight excluding hydrogens is 468 g/mol. The second-order valence-corrected chi connectivity index (χ2v) is 9.04. The highest BCUT2D eigenvalue weighted by atomic mass is 35.5. The molecule has 0 saturated carbocycles. The molecule has 0 spiro atoms. The normalized spacial score (nSPS) is 15.8. The molecule has 8 nitrogen and oxygen atoms in total. The van der Waals surface area contributed by atoms with Gasteiger partial charge in [0.1, 0.15) is 0 Å². The first kappa shape index (κ1) is 24.9. The van der Waals surface area contributed by atoms with Gasteiger partial charge < -0.3 is 24.7 Å². The molecule has 1 aromatic heterocycles. The van der Waals surface area contributed by atoms with Crippen molar-refractivity contribution in [1.82, 2.24) is 14.8 Å². The lowest BCUT2D eigenvalue weighted by atomic mass is 10.1. The van der Waals surface area contributed by atoms with Crippen molar-refractivity contribution in [2.45, 2.75) is 32.4 Å². The number of para-hydroxylation sites is 1. The number of nitrogens with zero attached hydrogens (tertiary/aromatic N) is 2. The number of likely N-dealkylation sites (tertiary alicyclic amines) is 1. The van der Waals surface area contributed by atoms with Gasteiger partial charge in [-0.25, -0.2) is 4.79 Å². The Balaban J connectivity index is 1.66. The highest BCUT2D eigenvalue weighted by Crippen LogP contribution is 2.31. The SMILES string of the molecule is CCN1CCCC1CN(Cc1cc2cc(OC)c(OC)cc2[nH]c1=O)C(=O)Nc1ccccc1Cl. The van der Waals surface area contributed by atoms with Gasteiger partial charge in [-0.3, -0.25) is 9.69 Å². The molecule has 1 saturated heterocycles. The number of rotatable bonds is 8. The highest BCUT2D eigenvalue weighted by molar-refractivity contribution is 6.33. The van der Waals surface area contributed by atoms with Crippen LogP contribution in [0.25, 0.3) is 10.9 Å². The lowest BCUT2D eigenvalue weighted by Gasteiger charge is -2.30. The first-order valence-electron chi connectivity index (χ1n) is 11.8. The molecule has 2 aromatic carbocycles. The summed E-state index contributed by atoms with van der Waals surface area (Å²) in [6.45, 7) is 4.72. The van der Waals surface area contributed by atoms with Gasteiger partial charge in [-0.2, -0.15) is 0 Å². The number of pyridine rings is 1. The van der Waals surface area contributed by atoms with E-state index in [2.05, 4.69) is 22.1 Å². The Bertz CT molecular complexity index is 1260. The number of aromatic amines is 1. The number of amides is 2. The second-order valence-electron chi connectivity index (χ2n) is 8.63. The predicted molar refractivity (Wildman–Crippen MR) is 139 cm³/mol. The maximum atomic E-state index is 13.4. The molecule has 2 N–H and O–H groups in total. The average molecular weight is 499 g/mol. The number of methoxy groups -OCH3 is 2. The molecule has 4 rings (SSSR count). The molecular formula is C26H31ClN4O4. The molecule has 9 heteroatoms. The van der Waals surface area contributed by atoms with Crippen molar-refractivity contribution < 1.29 is 14.3 Å². The first-order chi connectivity index (χ1) is 16.9. The summed E-state index contributed by atoms with van der Waals surface area (Å²) in [5.74, 6) is 1.10. The third-order valence-electron chi connectivity index (χ3n) is 6.53. The minimum Gasteiger partial charge on any atom is -0.493 e. The quantitative estimate of drug-likeness (QED) is 0.469. The van der Waals surface area contributed by atoms with Crippen molar-refractivity contribution in [3.8, 4) is 11.5 Å². The summed E-state index contributed by atoms with van der Waals surface area (Å²) in [6, 6.07) is 12.4. The van der Waals surface area contributed by atoms with Gasteiger partial charge in [0, 0.05) is 29.6 Å². The van der Waals surface area contributed by atoms with Gasteiger partial charge in [0.05, 0.1) is 37.0 Å². The number of halogens is 1. The Morgan fingerprint density at radius 1 is 1.20 bits per heavy atom. The van der Waals surface area contributed by atoms with Crippen LogP contribution >= 0.6 is 11.6 Å².